The molecule has 1 saturated heterocycles. The number of aromatic nitrogens is 1. The van der Waals surface area contributed by atoms with Crippen LogP contribution >= 0.6 is 0 Å². The first-order chi connectivity index (χ1) is 12.0. The molecule has 9 heteroatoms. The fraction of sp³-hybridized carbons (Fsp3) is 0.312. The van der Waals surface area contributed by atoms with E-state index in [0.29, 0.717) is 5.56 Å². The summed E-state index contributed by atoms with van der Waals surface area (Å²) in [6, 6.07) is 6.81. The van der Waals surface area contributed by atoms with Crippen molar-refractivity contribution in [2.45, 2.75) is 18.6 Å². The van der Waals surface area contributed by atoms with Crippen LogP contribution in [0, 0.1) is 34.9 Å². The molecule has 1 fully saturated rings. The molecule has 25 heavy (non-hydrogen) atoms. The maximum atomic E-state index is 13.4. The Morgan fingerprint density at radius 1 is 1.52 bits per heavy atom. The van der Waals surface area contributed by atoms with Crippen LogP contribution in [0.2, 0.25) is 0 Å². The second kappa shape index (κ2) is 7.46. The number of nitriles is 1. The van der Waals surface area contributed by atoms with Crippen LogP contribution in [-0.4, -0.2) is 47.0 Å². The summed E-state index contributed by atoms with van der Waals surface area (Å²) in [6.07, 6.45) is 0.407. The number of alkyl halides is 1. The van der Waals surface area contributed by atoms with Gasteiger partial charge in [-0.2, -0.15) is 5.26 Å². The molecular formula is C16H16AtFN5O2. The molecule has 2 aromatic rings. The molecule has 7 nitrogen and oxygen atoms in total. The van der Waals surface area contributed by atoms with Crippen molar-refractivity contribution < 1.29 is 37.5 Å². The Labute approximate surface area is 155 Å². The summed E-state index contributed by atoms with van der Waals surface area (Å²) in [5, 5.41) is 12.3. The van der Waals surface area contributed by atoms with Gasteiger partial charge in [-0.05, 0) is 0 Å². The first-order valence-electron chi connectivity index (χ1n) is 7.59. The fourth-order valence-corrected chi connectivity index (χ4v) is 4.09. The summed E-state index contributed by atoms with van der Waals surface area (Å²) in [6.45, 7) is -0.378. The van der Waals surface area contributed by atoms with Crippen LogP contribution in [0.15, 0.2) is 24.4 Å². The van der Waals surface area contributed by atoms with Crippen LogP contribution in [0.3, 0.4) is 0 Å². The van der Waals surface area contributed by atoms with Gasteiger partial charge < -0.3 is 0 Å². The van der Waals surface area contributed by atoms with Crippen LogP contribution < -0.4 is 12.3 Å². The molecule has 1 aromatic carbocycles. The summed E-state index contributed by atoms with van der Waals surface area (Å²) in [4.78, 5) is 28.7. The molecular weight excluding hydrogens is 523 g/mol. The predicted octanol–water partition coefficient (Wildman–Crippen LogP) is -0.0557. The van der Waals surface area contributed by atoms with Gasteiger partial charge in [-0.1, -0.05) is 0 Å². The van der Waals surface area contributed by atoms with Gasteiger partial charge in [-0.3, -0.25) is 0 Å². The molecule has 0 spiro atoms. The van der Waals surface area contributed by atoms with E-state index in [0.717, 1.165) is 14.2 Å². The number of carbonyl (C=O) groups excluding carboxylic acids is 2. The number of hydrogen-bond donors (Lipinski definition) is 3. The van der Waals surface area contributed by atoms with E-state index in [9.17, 15) is 14.0 Å². The van der Waals surface area contributed by atoms with Gasteiger partial charge in [0.05, 0.1) is 0 Å². The second-order valence-corrected chi connectivity index (χ2v) is 8.25. The van der Waals surface area contributed by atoms with Gasteiger partial charge in [0, 0.05) is 0 Å². The molecule has 0 aliphatic carbocycles. The summed E-state index contributed by atoms with van der Waals surface area (Å²) < 4.78 is 20.2. The number of halogens is 1. The average Bonchev–Trinajstić information content (AvgIpc) is 3.21. The van der Waals surface area contributed by atoms with Crippen LogP contribution in [0.25, 0.3) is 10.9 Å². The Balaban J connectivity index is 1.67. The van der Waals surface area contributed by atoms with E-state index >= 15 is 0 Å². The molecule has 0 saturated carbocycles. The number of carbonyl (C=O) groups is 2. The summed E-state index contributed by atoms with van der Waals surface area (Å²) in [5.41, 5.74) is 1.25. The molecule has 1 radical (unpaired) electrons. The van der Waals surface area contributed by atoms with E-state index in [2.05, 4.69) is 10.3 Å². The van der Waals surface area contributed by atoms with E-state index in [-0.39, 0.29) is 19.5 Å². The van der Waals surface area contributed by atoms with Crippen molar-refractivity contribution in [1.29, 1.82) is 5.26 Å². The predicted molar refractivity (Wildman–Crippen MR) is 85.1 cm³/mol. The number of likely N-dealkylation sites (tertiary alicyclic amines) is 1. The fourth-order valence-electron chi connectivity index (χ4n) is 2.89. The topological polar surface area (TPSA) is 115 Å². The normalized spacial score (nSPS) is 19.8. The minimum atomic E-state index is -1.20. The van der Waals surface area contributed by atoms with E-state index in [4.69, 9.17) is 8.94 Å². The average molecular weight is 539 g/mol. The van der Waals surface area contributed by atoms with Gasteiger partial charge in [0.1, 0.15) is 0 Å². The number of H-pyrrole nitrogens is 1. The van der Waals surface area contributed by atoms with Gasteiger partial charge in [-0.15, -0.1) is 0 Å². The van der Waals surface area contributed by atoms with Gasteiger partial charge in [-0.25, -0.2) is 4.39 Å². The first kappa shape index (κ1) is 17.8. The standard InChI is InChI=1S/C16H16AtFN5O2/c18-10-4-11(5-19)23(8-10)15(24)7-22-16(25)13-6-21-14-3-9(17-20)1-2-12(13)14/h1-3,6,10-11,21H,4,7-8,20H2,(H,22,25). The SMILES string of the molecule is N#CC1CC(F)CN1C(=O)CNC(=O)c1c[nH]c2cc([At]N)ccc12. The third-order valence-corrected chi connectivity index (χ3v) is 6.03. The second-order valence-electron chi connectivity index (χ2n) is 5.71. The molecule has 3 rings (SSSR count). The quantitative estimate of drug-likeness (QED) is 0.506. The van der Waals surface area contributed by atoms with Crippen LogP contribution in [-0.2, 0) is 4.79 Å². The van der Waals surface area contributed by atoms with Crippen LogP contribution in [0.1, 0.15) is 16.8 Å². The number of hydrogen-bond acceptors (Lipinski definition) is 4. The number of nitrogens with one attached hydrogen (secondary N) is 2. The number of benzene rings is 1. The number of amides is 2. The Kier molecular flexibility index (Phi) is 5.31. The molecule has 2 atom stereocenters. The number of aromatic amines is 1. The first-order valence-corrected chi connectivity index (χ1v) is 10.8. The van der Waals surface area contributed by atoms with Crippen molar-refractivity contribution in [3.63, 3.8) is 0 Å². The zero-order valence-electron chi connectivity index (χ0n) is 13.1. The number of rotatable bonds is 4. The van der Waals surface area contributed by atoms with Gasteiger partial charge >= 0.3 is 146 Å². The molecule has 2 unspecified atom stereocenters. The van der Waals surface area contributed by atoms with E-state index in [1.165, 1.54) is 4.90 Å². The van der Waals surface area contributed by atoms with Crippen LogP contribution in [0.5, 0.6) is 0 Å². The van der Waals surface area contributed by atoms with Crippen molar-refractivity contribution in [3.8, 4) is 6.07 Å². The number of fused-ring (bicyclic) bond motifs is 1. The molecule has 1 aromatic heterocycles. The molecule has 2 heterocycles. The number of nitrogens with zero attached hydrogens (tertiary/aromatic N) is 2. The Bertz CT molecular complexity index is 862. The van der Waals surface area contributed by atoms with E-state index < -0.39 is 47.6 Å². The summed E-state index contributed by atoms with van der Waals surface area (Å²) in [5.74, 6) is -0.861. The summed E-state index contributed by atoms with van der Waals surface area (Å²) in [7, 11) is 0. The minimum absolute atomic E-state index is 0.0196. The zero-order chi connectivity index (χ0) is 18.0. The zero-order valence-corrected chi connectivity index (χ0v) is 16.1. The Morgan fingerprint density at radius 3 is 3.04 bits per heavy atom. The number of nitrogens with two attached hydrogens (primary N) is 1. The molecule has 1 aliphatic heterocycles. The Hall–Kier alpha value is -2.04. The van der Waals surface area contributed by atoms with E-state index in [1.807, 2.05) is 24.3 Å². The molecule has 4 N–H and O–H groups in total. The van der Waals surface area contributed by atoms with Crippen LogP contribution in [0.4, 0.5) is 4.39 Å². The summed E-state index contributed by atoms with van der Waals surface area (Å²) >= 11 is -0.893. The van der Waals surface area contributed by atoms with Gasteiger partial charge in [0.15, 0.2) is 0 Å². The van der Waals surface area contributed by atoms with Gasteiger partial charge in [0.25, 0.3) is 0 Å². The van der Waals surface area contributed by atoms with Gasteiger partial charge in [0.2, 0.25) is 0 Å². The molecule has 0 bridgehead atoms. The monoisotopic (exact) mass is 539 g/mol. The van der Waals surface area contributed by atoms with Crippen molar-refractivity contribution in [3.05, 3.63) is 30.0 Å². The van der Waals surface area contributed by atoms with Crippen molar-refractivity contribution in [1.82, 2.24) is 15.2 Å². The van der Waals surface area contributed by atoms with Crippen molar-refractivity contribution in [2.24, 2.45) is 3.68 Å². The Morgan fingerprint density at radius 2 is 2.32 bits per heavy atom. The van der Waals surface area contributed by atoms with E-state index in [1.54, 1.807) is 6.20 Å². The maximum absolute atomic E-state index is 13.4. The third kappa shape index (κ3) is 3.65. The molecule has 1 aliphatic rings. The van der Waals surface area contributed by atoms with Crippen molar-refractivity contribution >= 4 is 26.0 Å². The molecule has 131 valence electrons. The van der Waals surface area contributed by atoms with Crippen molar-refractivity contribution in [2.75, 3.05) is 13.1 Å². The third-order valence-electron chi connectivity index (χ3n) is 4.13. The molecule has 2 amide bonds.